The van der Waals surface area contributed by atoms with Gasteiger partial charge >= 0.3 is 0 Å². The van der Waals surface area contributed by atoms with E-state index in [1.165, 1.54) is 19.1 Å². The van der Waals surface area contributed by atoms with E-state index in [4.69, 9.17) is 0 Å². The van der Waals surface area contributed by atoms with Crippen LogP contribution in [0.25, 0.3) is 0 Å². The van der Waals surface area contributed by atoms with E-state index >= 15 is 0 Å². The van der Waals surface area contributed by atoms with Crippen molar-refractivity contribution in [1.82, 2.24) is 0 Å². The van der Waals surface area contributed by atoms with Crippen LogP contribution >= 0.6 is 0 Å². The third-order valence-corrected chi connectivity index (χ3v) is 2.16. The molecule has 0 radical (unpaired) electrons. The Morgan fingerprint density at radius 2 is 1.87 bits per heavy atom. The summed E-state index contributed by atoms with van der Waals surface area (Å²) in [6.07, 6.45) is 0. The van der Waals surface area contributed by atoms with Crippen molar-refractivity contribution in [3.05, 3.63) is 35.1 Å². The molecule has 0 saturated heterocycles. The van der Waals surface area contributed by atoms with E-state index in [9.17, 15) is 14.0 Å². The molecule has 0 atom stereocenters. The lowest BCUT2D eigenvalue weighted by Crippen LogP contribution is -2.09. The second-order valence-electron chi connectivity index (χ2n) is 3.77. The monoisotopic (exact) mass is 208 g/mol. The molecule has 0 aliphatic carbocycles. The summed E-state index contributed by atoms with van der Waals surface area (Å²) in [6, 6.07) is 3.97. The second kappa shape index (κ2) is 4.34. The maximum Gasteiger partial charge on any atom is 0.165 e. The Labute approximate surface area is 88.1 Å². The van der Waals surface area contributed by atoms with Gasteiger partial charge in [0.2, 0.25) is 0 Å². The van der Waals surface area contributed by atoms with Crippen LogP contribution in [0.5, 0.6) is 0 Å². The Bertz CT molecular complexity index is 408. The van der Waals surface area contributed by atoms with E-state index in [1.54, 1.807) is 13.8 Å². The van der Waals surface area contributed by atoms with Crippen molar-refractivity contribution in [2.24, 2.45) is 5.92 Å². The van der Waals surface area contributed by atoms with Gasteiger partial charge in [-0.25, -0.2) is 4.39 Å². The Kier molecular flexibility index (Phi) is 3.35. The molecular weight excluding hydrogens is 195 g/mol. The van der Waals surface area contributed by atoms with Gasteiger partial charge in [-0.05, 0) is 19.1 Å². The summed E-state index contributed by atoms with van der Waals surface area (Å²) in [5.74, 6) is -1.26. The van der Waals surface area contributed by atoms with E-state index in [1.807, 2.05) is 0 Å². The largest absolute Gasteiger partial charge is 0.294 e. The number of Topliss-reactive ketones (excluding diaryl/α,β-unsaturated/α-hetero) is 2. The molecule has 0 unspecified atom stereocenters. The normalized spacial score (nSPS) is 10.5. The molecule has 0 fully saturated rings. The van der Waals surface area contributed by atoms with Gasteiger partial charge in [-0.2, -0.15) is 0 Å². The zero-order chi connectivity index (χ0) is 11.6. The lowest BCUT2D eigenvalue weighted by molar-refractivity contribution is 0.0936. The topological polar surface area (TPSA) is 34.1 Å². The van der Waals surface area contributed by atoms with Gasteiger partial charge < -0.3 is 0 Å². The SMILES string of the molecule is CC(=O)c1ccc(C(=O)C(C)C)cc1F. The highest BCUT2D eigenvalue weighted by Crippen LogP contribution is 2.14. The summed E-state index contributed by atoms with van der Waals surface area (Å²) in [4.78, 5) is 22.5. The Hall–Kier alpha value is -1.51. The van der Waals surface area contributed by atoms with Gasteiger partial charge in [0.25, 0.3) is 0 Å². The maximum atomic E-state index is 13.4. The first-order valence-corrected chi connectivity index (χ1v) is 4.78. The van der Waals surface area contributed by atoms with Gasteiger partial charge in [-0.15, -0.1) is 0 Å². The third kappa shape index (κ3) is 2.49. The zero-order valence-corrected chi connectivity index (χ0v) is 9.00. The molecule has 1 rings (SSSR count). The van der Waals surface area contributed by atoms with Gasteiger partial charge in [-0.1, -0.05) is 19.9 Å². The van der Waals surface area contributed by atoms with Crippen molar-refractivity contribution in [1.29, 1.82) is 0 Å². The lowest BCUT2D eigenvalue weighted by atomic mass is 9.99. The molecule has 0 amide bonds. The van der Waals surface area contributed by atoms with Crippen LogP contribution in [-0.2, 0) is 0 Å². The van der Waals surface area contributed by atoms with Crippen molar-refractivity contribution in [3.8, 4) is 0 Å². The highest BCUT2D eigenvalue weighted by atomic mass is 19.1. The molecule has 2 nitrogen and oxygen atoms in total. The Balaban J connectivity index is 3.12. The number of carbonyl (C=O) groups is 2. The van der Waals surface area contributed by atoms with Crippen LogP contribution < -0.4 is 0 Å². The van der Waals surface area contributed by atoms with Crippen LogP contribution in [0.1, 0.15) is 41.5 Å². The summed E-state index contributed by atoms with van der Waals surface area (Å²) < 4.78 is 13.4. The first-order valence-electron chi connectivity index (χ1n) is 4.78. The highest BCUT2D eigenvalue weighted by Gasteiger charge is 2.14. The molecular formula is C12H13FO2. The Morgan fingerprint density at radius 3 is 2.27 bits per heavy atom. The van der Waals surface area contributed by atoms with Gasteiger partial charge in [0.15, 0.2) is 11.6 Å². The van der Waals surface area contributed by atoms with E-state index in [0.29, 0.717) is 5.56 Å². The van der Waals surface area contributed by atoms with E-state index in [-0.39, 0.29) is 23.0 Å². The quantitative estimate of drug-likeness (QED) is 0.716. The van der Waals surface area contributed by atoms with Crippen LogP contribution in [0.3, 0.4) is 0 Å². The van der Waals surface area contributed by atoms with Gasteiger partial charge in [0, 0.05) is 11.5 Å². The summed E-state index contributed by atoms with van der Waals surface area (Å²) in [7, 11) is 0. The van der Waals surface area contributed by atoms with Crippen molar-refractivity contribution >= 4 is 11.6 Å². The summed E-state index contributed by atoms with van der Waals surface area (Å²) in [6.45, 7) is 4.79. The molecule has 80 valence electrons. The average molecular weight is 208 g/mol. The van der Waals surface area contributed by atoms with Gasteiger partial charge in [0.05, 0.1) is 5.56 Å². The standard InChI is InChI=1S/C12H13FO2/c1-7(2)12(15)9-4-5-10(8(3)14)11(13)6-9/h4-7H,1-3H3. The number of carbonyl (C=O) groups excluding carboxylic acids is 2. The molecule has 0 aliphatic rings. The van der Waals surface area contributed by atoms with Crippen LogP contribution in [-0.4, -0.2) is 11.6 Å². The zero-order valence-electron chi connectivity index (χ0n) is 9.00. The molecule has 1 aromatic carbocycles. The molecule has 0 spiro atoms. The number of ketones is 2. The van der Waals surface area contributed by atoms with Crippen molar-refractivity contribution in [2.75, 3.05) is 0 Å². The van der Waals surface area contributed by atoms with Crippen molar-refractivity contribution in [2.45, 2.75) is 20.8 Å². The highest BCUT2D eigenvalue weighted by molar-refractivity contribution is 5.99. The fourth-order valence-electron chi connectivity index (χ4n) is 1.29. The van der Waals surface area contributed by atoms with Crippen LogP contribution in [0.4, 0.5) is 4.39 Å². The number of halogens is 1. The second-order valence-corrected chi connectivity index (χ2v) is 3.77. The predicted octanol–water partition coefficient (Wildman–Crippen LogP) is 2.87. The molecule has 15 heavy (non-hydrogen) atoms. The van der Waals surface area contributed by atoms with Crippen LogP contribution in [0, 0.1) is 11.7 Å². The minimum Gasteiger partial charge on any atom is -0.294 e. The average Bonchev–Trinajstić information content (AvgIpc) is 2.15. The minimum atomic E-state index is -0.631. The number of hydrogen-bond acceptors (Lipinski definition) is 2. The van der Waals surface area contributed by atoms with Gasteiger partial charge in [-0.3, -0.25) is 9.59 Å². The first-order chi connectivity index (χ1) is 6.93. The molecule has 0 aromatic heterocycles. The fourth-order valence-corrected chi connectivity index (χ4v) is 1.29. The summed E-state index contributed by atoms with van der Waals surface area (Å²) in [5, 5.41) is 0. The number of rotatable bonds is 3. The van der Waals surface area contributed by atoms with Gasteiger partial charge in [0.1, 0.15) is 5.82 Å². The summed E-state index contributed by atoms with van der Waals surface area (Å²) in [5.41, 5.74) is 0.336. The smallest absolute Gasteiger partial charge is 0.165 e. The number of benzene rings is 1. The van der Waals surface area contributed by atoms with Crippen molar-refractivity contribution in [3.63, 3.8) is 0 Å². The van der Waals surface area contributed by atoms with E-state index < -0.39 is 5.82 Å². The maximum absolute atomic E-state index is 13.4. The molecule has 0 bridgehead atoms. The third-order valence-electron chi connectivity index (χ3n) is 2.16. The first kappa shape index (κ1) is 11.6. The van der Waals surface area contributed by atoms with E-state index in [0.717, 1.165) is 6.07 Å². The van der Waals surface area contributed by atoms with Crippen LogP contribution in [0.2, 0.25) is 0 Å². The molecule has 3 heteroatoms. The predicted molar refractivity (Wildman–Crippen MR) is 55.6 cm³/mol. The Morgan fingerprint density at radius 1 is 1.27 bits per heavy atom. The van der Waals surface area contributed by atoms with Crippen molar-refractivity contribution < 1.29 is 14.0 Å². The fraction of sp³-hybridized carbons (Fsp3) is 0.333. The molecule has 0 saturated carbocycles. The van der Waals surface area contributed by atoms with E-state index in [2.05, 4.69) is 0 Å². The molecule has 1 aromatic rings. The molecule has 0 aliphatic heterocycles. The minimum absolute atomic E-state index is 0.0234. The molecule has 0 N–H and O–H groups in total. The lowest BCUT2D eigenvalue weighted by Gasteiger charge is -2.05. The molecule has 0 heterocycles. The van der Waals surface area contributed by atoms with Crippen LogP contribution in [0.15, 0.2) is 18.2 Å². The summed E-state index contributed by atoms with van der Waals surface area (Å²) >= 11 is 0. The number of hydrogen-bond donors (Lipinski definition) is 0.